The van der Waals surface area contributed by atoms with Crippen molar-refractivity contribution in [3.63, 3.8) is 0 Å². The van der Waals surface area contributed by atoms with Gasteiger partial charge in [-0.3, -0.25) is 10.4 Å². The van der Waals surface area contributed by atoms with Crippen LogP contribution in [0.15, 0.2) is 6.07 Å². The summed E-state index contributed by atoms with van der Waals surface area (Å²) in [6, 6.07) is 2.08. The number of urea groups is 1. The SMILES string of the molecule is CCCc1cc(NC(=O)NC2CCC2)n[nH]1. The summed E-state index contributed by atoms with van der Waals surface area (Å²) in [6.07, 6.45) is 5.42. The number of nitrogens with zero attached hydrogens (tertiary/aromatic N) is 1. The third-order valence-electron chi connectivity index (χ3n) is 2.83. The molecule has 0 atom stereocenters. The largest absolute Gasteiger partial charge is 0.335 e. The molecule has 0 spiro atoms. The molecule has 0 aromatic carbocycles. The van der Waals surface area contributed by atoms with Crippen molar-refractivity contribution in [2.45, 2.75) is 45.1 Å². The first-order chi connectivity index (χ1) is 7.78. The molecule has 0 radical (unpaired) electrons. The summed E-state index contributed by atoms with van der Waals surface area (Å²) in [7, 11) is 0. The average Bonchev–Trinajstić information content (AvgIpc) is 2.60. The highest BCUT2D eigenvalue weighted by molar-refractivity contribution is 5.88. The predicted octanol–water partition coefficient (Wildman–Crippen LogP) is 2.04. The van der Waals surface area contributed by atoms with Crippen LogP contribution in [0.25, 0.3) is 0 Å². The topological polar surface area (TPSA) is 69.8 Å². The van der Waals surface area contributed by atoms with Gasteiger partial charge in [-0.15, -0.1) is 0 Å². The van der Waals surface area contributed by atoms with Crippen molar-refractivity contribution in [3.8, 4) is 0 Å². The second kappa shape index (κ2) is 5.01. The molecule has 1 fully saturated rings. The molecular weight excluding hydrogens is 204 g/mol. The van der Waals surface area contributed by atoms with E-state index in [1.165, 1.54) is 6.42 Å². The Kier molecular flexibility index (Phi) is 3.44. The highest BCUT2D eigenvalue weighted by Crippen LogP contribution is 2.18. The molecule has 2 rings (SSSR count). The minimum absolute atomic E-state index is 0.153. The number of aryl methyl sites for hydroxylation is 1. The van der Waals surface area contributed by atoms with Crippen molar-refractivity contribution in [3.05, 3.63) is 11.8 Å². The van der Waals surface area contributed by atoms with Crippen LogP contribution in [0.1, 0.15) is 38.3 Å². The molecule has 1 aliphatic carbocycles. The number of aromatic amines is 1. The van der Waals surface area contributed by atoms with E-state index in [0.29, 0.717) is 11.9 Å². The van der Waals surface area contributed by atoms with E-state index in [-0.39, 0.29) is 6.03 Å². The number of nitrogens with one attached hydrogen (secondary N) is 3. The fourth-order valence-corrected chi connectivity index (χ4v) is 1.71. The molecule has 1 heterocycles. The smallest absolute Gasteiger partial charge is 0.320 e. The summed E-state index contributed by atoms with van der Waals surface area (Å²) in [5.41, 5.74) is 1.06. The van der Waals surface area contributed by atoms with Gasteiger partial charge in [0.15, 0.2) is 5.82 Å². The molecular formula is C11H18N4O. The first kappa shape index (κ1) is 11.0. The zero-order valence-corrected chi connectivity index (χ0v) is 9.55. The number of anilines is 1. The van der Waals surface area contributed by atoms with Crippen LogP contribution in [0.3, 0.4) is 0 Å². The molecule has 1 aromatic rings. The van der Waals surface area contributed by atoms with Gasteiger partial charge in [0.1, 0.15) is 0 Å². The van der Waals surface area contributed by atoms with E-state index in [1.807, 2.05) is 6.07 Å². The third-order valence-corrected chi connectivity index (χ3v) is 2.83. The fraction of sp³-hybridized carbons (Fsp3) is 0.636. The number of carbonyl (C=O) groups is 1. The summed E-state index contributed by atoms with van der Waals surface area (Å²) in [4.78, 5) is 11.5. The molecule has 2 amide bonds. The second-order valence-electron chi connectivity index (χ2n) is 4.25. The van der Waals surface area contributed by atoms with Gasteiger partial charge in [-0.25, -0.2) is 4.79 Å². The zero-order chi connectivity index (χ0) is 11.4. The van der Waals surface area contributed by atoms with Gasteiger partial charge < -0.3 is 5.32 Å². The molecule has 5 nitrogen and oxygen atoms in total. The van der Waals surface area contributed by atoms with Crippen molar-refractivity contribution < 1.29 is 4.79 Å². The third kappa shape index (κ3) is 2.74. The van der Waals surface area contributed by atoms with Crippen LogP contribution in [0.4, 0.5) is 10.6 Å². The summed E-state index contributed by atoms with van der Waals surface area (Å²) in [6.45, 7) is 2.11. The van der Waals surface area contributed by atoms with E-state index in [2.05, 4.69) is 27.8 Å². The Hall–Kier alpha value is -1.52. The Morgan fingerprint density at radius 1 is 1.62 bits per heavy atom. The quantitative estimate of drug-likeness (QED) is 0.729. The van der Waals surface area contributed by atoms with Gasteiger partial charge in [0, 0.05) is 17.8 Å². The van der Waals surface area contributed by atoms with E-state index in [4.69, 9.17) is 0 Å². The number of aromatic nitrogens is 2. The average molecular weight is 222 g/mol. The molecule has 1 saturated carbocycles. The molecule has 16 heavy (non-hydrogen) atoms. The van der Waals surface area contributed by atoms with Crippen LogP contribution >= 0.6 is 0 Å². The van der Waals surface area contributed by atoms with E-state index < -0.39 is 0 Å². The maximum absolute atomic E-state index is 11.5. The standard InChI is InChI=1S/C11H18N4O/c1-2-4-9-7-10(15-14-9)13-11(16)12-8-5-3-6-8/h7-8H,2-6H2,1H3,(H3,12,13,14,15,16). The molecule has 0 unspecified atom stereocenters. The van der Waals surface area contributed by atoms with Crippen LogP contribution < -0.4 is 10.6 Å². The van der Waals surface area contributed by atoms with Gasteiger partial charge in [0.25, 0.3) is 0 Å². The van der Waals surface area contributed by atoms with Crippen LogP contribution in [0.2, 0.25) is 0 Å². The first-order valence-electron chi connectivity index (χ1n) is 5.89. The minimum Gasteiger partial charge on any atom is -0.335 e. The van der Waals surface area contributed by atoms with Gasteiger partial charge >= 0.3 is 6.03 Å². The fourth-order valence-electron chi connectivity index (χ4n) is 1.71. The number of hydrogen-bond donors (Lipinski definition) is 3. The Labute approximate surface area is 95.0 Å². The summed E-state index contributed by atoms with van der Waals surface area (Å²) in [5.74, 6) is 0.597. The van der Waals surface area contributed by atoms with Crippen LogP contribution in [-0.2, 0) is 6.42 Å². The maximum Gasteiger partial charge on any atom is 0.320 e. The monoisotopic (exact) mass is 222 g/mol. The lowest BCUT2D eigenvalue weighted by Gasteiger charge is -2.26. The summed E-state index contributed by atoms with van der Waals surface area (Å²) in [5, 5.41) is 12.6. The molecule has 3 N–H and O–H groups in total. The lowest BCUT2D eigenvalue weighted by molar-refractivity contribution is 0.240. The Balaban J connectivity index is 1.80. The second-order valence-corrected chi connectivity index (χ2v) is 4.25. The highest BCUT2D eigenvalue weighted by Gasteiger charge is 2.19. The van der Waals surface area contributed by atoms with Gasteiger partial charge in [-0.2, -0.15) is 5.10 Å². The van der Waals surface area contributed by atoms with E-state index in [1.54, 1.807) is 0 Å². The molecule has 5 heteroatoms. The molecule has 0 saturated heterocycles. The Morgan fingerprint density at radius 2 is 2.44 bits per heavy atom. The predicted molar refractivity (Wildman–Crippen MR) is 62.4 cm³/mol. The van der Waals surface area contributed by atoms with E-state index >= 15 is 0 Å². The number of hydrogen-bond acceptors (Lipinski definition) is 2. The molecule has 88 valence electrons. The van der Waals surface area contributed by atoms with Gasteiger partial charge in [0.05, 0.1) is 0 Å². The van der Waals surface area contributed by atoms with Gasteiger partial charge in [-0.1, -0.05) is 13.3 Å². The lowest BCUT2D eigenvalue weighted by Crippen LogP contribution is -2.41. The van der Waals surface area contributed by atoms with Crippen molar-refractivity contribution in [2.75, 3.05) is 5.32 Å². The molecule has 0 bridgehead atoms. The lowest BCUT2D eigenvalue weighted by atomic mass is 9.93. The highest BCUT2D eigenvalue weighted by atomic mass is 16.2. The summed E-state index contributed by atoms with van der Waals surface area (Å²) >= 11 is 0. The molecule has 1 aliphatic rings. The van der Waals surface area contributed by atoms with Crippen molar-refractivity contribution in [2.24, 2.45) is 0 Å². The minimum atomic E-state index is -0.153. The normalized spacial score (nSPS) is 15.6. The van der Waals surface area contributed by atoms with Crippen LogP contribution in [0.5, 0.6) is 0 Å². The summed E-state index contributed by atoms with van der Waals surface area (Å²) < 4.78 is 0. The first-order valence-corrected chi connectivity index (χ1v) is 5.89. The Bertz CT molecular complexity index is 357. The molecule has 1 aromatic heterocycles. The zero-order valence-electron chi connectivity index (χ0n) is 9.55. The number of amides is 2. The van der Waals surface area contributed by atoms with Crippen LogP contribution in [0, 0.1) is 0 Å². The van der Waals surface area contributed by atoms with E-state index in [9.17, 15) is 4.79 Å². The van der Waals surface area contributed by atoms with Gasteiger partial charge in [0.2, 0.25) is 0 Å². The number of rotatable bonds is 4. The van der Waals surface area contributed by atoms with Crippen molar-refractivity contribution >= 4 is 11.8 Å². The van der Waals surface area contributed by atoms with E-state index in [0.717, 1.165) is 31.4 Å². The van der Waals surface area contributed by atoms with Gasteiger partial charge in [-0.05, 0) is 25.7 Å². The number of carbonyl (C=O) groups excluding carboxylic acids is 1. The molecule has 0 aliphatic heterocycles. The van der Waals surface area contributed by atoms with Crippen molar-refractivity contribution in [1.29, 1.82) is 0 Å². The van der Waals surface area contributed by atoms with Crippen LogP contribution in [-0.4, -0.2) is 22.3 Å². The maximum atomic E-state index is 11.5. The van der Waals surface area contributed by atoms with Crippen molar-refractivity contribution in [1.82, 2.24) is 15.5 Å². The Morgan fingerprint density at radius 3 is 3.06 bits per heavy atom. The number of H-pyrrole nitrogens is 1.